The van der Waals surface area contributed by atoms with Crippen LogP contribution in [0.2, 0.25) is 0 Å². The minimum atomic E-state index is -1.40. The molecule has 0 aliphatic heterocycles. The maximum Gasteiger partial charge on any atom is 0.490 e. The lowest BCUT2D eigenvalue weighted by Gasteiger charge is -2.08. The molecule has 0 heterocycles. The van der Waals surface area contributed by atoms with Gasteiger partial charge in [-0.05, 0) is 13.0 Å². The van der Waals surface area contributed by atoms with Crippen molar-refractivity contribution in [3.63, 3.8) is 0 Å². The van der Waals surface area contributed by atoms with Crippen LogP contribution < -0.4 is 10.8 Å². The van der Waals surface area contributed by atoms with E-state index in [0.717, 1.165) is 12.2 Å². The summed E-state index contributed by atoms with van der Waals surface area (Å²) >= 11 is 0. The van der Waals surface area contributed by atoms with E-state index < -0.39 is 7.12 Å². The van der Waals surface area contributed by atoms with Crippen molar-refractivity contribution in [1.29, 1.82) is 0 Å². The predicted molar refractivity (Wildman–Crippen MR) is 50.4 cm³/mol. The molecular weight excluding hydrogens is 153 g/mol. The highest BCUT2D eigenvalue weighted by atomic mass is 16.4. The summed E-state index contributed by atoms with van der Waals surface area (Å²) in [5.41, 5.74) is 1.29. The summed E-state index contributed by atoms with van der Waals surface area (Å²) in [6.45, 7) is 2.73. The third kappa shape index (κ3) is 2.00. The number of hydrogen-bond acceptors (Lipinski definition) is 3. The average Bonchev–Trinajstić information content (AvgIpc) is 2.05. The van der Waals surface area contributed by atoms with Gasteiger partial charge in [-0.15, -0.1) is 0 Å². The Bertz CT molecular complexity index is 253. The van der Waals surface area contributed by atoms with Crippen LogP contribution in [-0.2, 0) is 0 Å². The van der Waals surface area contributed by atoms with Gasteiger partial charge in [0.1, 0.15) is 0 Å². The van der Waals surface area contributed by atoms with Crippen LogP contribution in [0.5, 0.6) is 0 Å². The lowest BCUT2D eigenvalue weighted by Crippen LogP contribution is -2.32. The number of anilines is 1. The zero-order valence-electron chi connectivity index (χ0n) is 6.99. The van der Waals surface area contributed by atoms with Gasteiger partial charge in [-0.25, -0.2) is 0 Å². The van der Waals surface area contributed by atoms with Gasteiger partial charge in [-0.1, -0.05) is 18.2 Å². The molecule has 0 aliphatic rings. The minimum Gasteiger partial charge on any atom is -0.423 e. The smallest absolute Gasteiger partial charge is 0.423 e. The molecule has 3 N–H and O–H groups in total. The summed E-state index contributed by atoms with van der Waals surface area (Å²) in [7, 11) is -1.40. The van der Waals surface area contributed by atoms with Crippen LogP contribution in [0.1, 0.15) is 6.92 Å². The van der Waals surface area contributed by atoms with Gasteiger partial charge in [0, 0.05) is 17.7 Å². The quantitative estimate of drug-likeness (QED) is 0.543. The first-order valence-electron chi connectivity index (χ1n) is 3.94. The van der Waals surface area contributed by atoms with Crippen molar-refractivity contribution in [2.75, 3.05) is 11.9 Å². The monoisotopic (exact) mass is 165 g/mol. The molecule has 0 amide bonds. The van der Waals surface area contributed by atoms with Gasteiger partial charge in [0.15, 0.2) is 0 Å². The number of hydrogen-bond donors (Lipinski definition) is 3. The van der Waals surface area contributed by atoms with Crippen LogP contribution in [0, 0.1) is 0 Å². The molecule has 0 saturated heterocycles. The molecule has 0 spiro atoms. The Kier molecular flexibility index (Phi) is 3.14. The van der Waals surface area contributed by atoms with Crippen LogP contribution in [0.3, 0.4) is 0 Å². The van der Waals surface area contributed by atoms with Crippen LogP contribution >= 0.6 is 0 Å². The molecule has 0 atom stereocenters. The Morgan fingerprint density at radius 2 is 2.00 bits per heavy atom. The molecule has 4 heteroatoms. The molecule has 1 rings (SSSR count). The van der Waals surface area contributed by atoms with Gasteiger partial charge in [0.2, 0.25) is 0 Å². The van der Waals surface area contributed by atoms with Gasteiger partial charge >= 0.3 is 7.12 Å². The predicted octanol–water partition coefficient (Wildman–Crippen LogP) is -0.202. The highest BCUT2D eigenvalue weighted by Crippen LogP contribution is 2.02. The topological polar surface area (TPSA) is 52.5 Å². The van der Waals surface area contributed by atoms with Crippen molar-refractivity contribution in [2.45, 2.75) is 6.92 Å². The standard InChI is InChI=1S/C8H12BNO2/c1-2-10-8-6-4-3-5-7(8)9(11)12/h3-6,10-12H,2H2,1H3. The van der Waals surface area contributed by atoms with Crippen molar-refractivity contribution in [2.24, 2.45) is 0 Å². The van der Waals surface area contributed by atoms with E-state index in [4.69, 9.17) is 10.0 Å². The first-order chi connectivity index (χ1) is 5.75. The zero-order chi connectivity index (χ0) is 8.97. The fourth-order valence-corrected chi connectivity index (χ4v) is 1.07. The van der Waals surface area contributed by atoms with Gasteiger partial charge in [-0.2, -0.15) is 0 Å². The lowest BCUT2D eigenvalue weighted by molar-refractivity contribution is 0.426. The second-order valence-corrected chi connectivity index (χ2v) is 2.49. The van der Waals surface area contributed by atoms with E-state index in [9.17, 15) is 0 Å². The fraction of sp³-hybridized carbons (Fsp3) is 0.250. The SMILES string of the molecule is CCNc1ccccc1B(O)O. The highest BCUT2D eigenvalue weighted by molar-refractivity contribution is 6.60. The van der Waals surface area contributed by atoms with E-state index in [0.29, 0.717) is 5.46 Å². The molecule has 0 radical (unpaired) electrons. The van der Waals surface area contributed by atoms with E-state index >= 15 is 0 Å². The van der Waals surface area contributed by atoms with Crippen molar-refractivity contribution in [3.8, 4) is 0 Å². The van der Waals surface area contributed by atoms with Gasteiger partial charge in [0.25, 0.3) is 0 Å². The van der Waals surface area contributed by atoms with Crippen LogP contribution in [0.25, 0.3) is 0 Å². The molecule has 0 fully saturated rings. The Balaban J connectivity index is 2.92. The fourth-order valence-electron chi connectivity index (χ4n) is 1.07. The van der Waals surface area contributed by atoms with Crippen LogP contribution in [-0.4, -0.2) is 23.7 Å². The molecule has 0 unspecified atom stereocenters. The highest BCUT2D eigenvalue weighted by Gasteiger charge is 2.13. The Hall–Kier alpha value is -0.995. The summed E-state index contributed by atoms with van der Waals surface area (Å²) < 4.78 is 0. The van der Waals surface area contributed by atoms with Gasteiger partial charge in [-0.3, -0.25) is 0 Å². The number of para-hydroxylation sites is 1. The normalized spacial score (nSPS) is 9.58. The third-order valence-corrected chi connectivity index (χ3v) is 1.61. The molecule has 0 bridgehead atoms. The van der Waals surface area contributed by atoms with Crippen molar-refractivity contribution < 1.29 is 10.0 Å². The average molecular weight is 165 g/mol. The molecule has 1 aromatic carbocycles. The largest absolute Gasteiger partial charge is 0.490 e. The molecule has 0 saturated carbocycles. The summed E-state index contributed by atoms with van der Waals surface area (Å²) in [5.74, 6) is 0. The number of nitrogens with one attached hydrogen (secondary N) is 1. The maximum atomic E-state index is 8.95. The second-order valence-electron chi connectivity index (χ2n) is 2.49. The Morgan fingerprint density at radius 3 is 2.58 bits per heavy atom. The Labute approximate surface area is 72.2 Å². The first-order valence-corrected chi connectivity index (χ1v) is 3.94. The Morgan fingerprint density at radius 1 is 1.33 bits per heavy atom. The van der Waals surface area contributed by atoms with E-state index in [1.165, 1.54) is 0 Å². The molecular formula is C8H12BNO2. The summed E-state index contributed by atoms with van der Waals surface area (Å²) in [4.78, 5) is 0. The van der Waals surface area contributed by atoms with Crippen LogP contribution in [0.15, 0.2) is 24.3 Å². The number of rotatable bonds is 3. The zero-order valence-corrected chi connectivity index (χ0v) is 6.99. The van der Waals surface area contributed by atoms with E-state index in [-0.39, 0.29) is 0 Å². The summed E-state index contributed by atoms with van der Waals surface area (Å²) in [6.07, 6.45) is 0. The molecule has 0 aliphatic carbocycles. The molecule has 3 nitrogen and oxygen atoms in total. The van der Waals surface area contributed by atoms with Crippen molar-refractivity contribution >= 4 is 18.3 Å². The van der Waals surface area contributed by atoms with Gasteiger partial charge < -0.3 is 15.4 Å². The minimum absolute atomic E-state index is 0.513. The van der Waals surface area contributed by atoms with Crippen molar-refractivity contribution in [1.82, 2.24) is 0 Å². The van der Waals surface area contributed by atoms with E-state index in [2.05, 4.69) is 5.32 Å². The van der Waals surface area contributed by atoms with E-state index in [1.54, 1.807) is 12.1 Å². The third-order valence-electron chi connectivity index (χ3n) is 1.61. The molecule has 64 valence electrons. The maximum absolute atomic E-state index is 8.95. The number of benzene rings is 1. The second kappa shape index (κ2) is 4.14. The summed E-state index contributed by atoms with van der Waals surface area (Å²) in [5, 5.41) is 20.9. The molecule has 1 aromatic rings. The first kappa shape index (κ1) is 9.10. The van der Waals surface area contributed by atoms with Crippen molar-refractivity contribution in [3.05, 3.63) is 24.3 Å². The summed E-state index contributed by atoms with van der Waals surface area (Å²) in [6, 6.07) is 7.13. The lowest BCUT2D eigenvalue weighted by atomic mass is 9.79. The van der Waals surface area contributed by atoms with E-state index in [1.807, 2.05) is 19.1 Å². The molecule has 0 aromatic heterocycles. The molecule has 12 heavy (non-hydrogen) atoms. The van der Waals surface area contributed by atoms with Crippen LogP contribution in [0.4, 0.5) is 5.69 Å². The van der Waals surface area contributed by atoms with Gasteiger partial charge in [0.05, 0.1) is 0 Å².